The van der Waals surface area contributed by atoms with Crippen LogP contribution in [0.15, 0.2) is 41.4 Å². The van der Waals surface area contributed by atoms with Crippen molar-refractivity contribution in [1.82, 2.24) is 4.90 Å². The van der Waals surface area contributed by atoms with E-state index in [-0.39, 0.29) is 11.9 Å². The number of aliphatic imine (C=N–C) groups is 1. The third kappa shape index (κ3) is 3.06. The number of amides is 1. The Balaban J connectivity index is 2.03. The number of carbonyl (C=O) groups is 1. The second-order valence-corrected chi connectivity index (χ2v) is 4.68. The molecule has 1 heterocycles. The van der Waals surface area contributed by atoms with Crippen LogP contribution < -0.4 is 0 Å². The molecule has 18 heavy (non-hydrogen) atoms. The Hall–Kier alpha value is -1.90. The largest absolute Gasteiger partial charge is 0.349 e. The van der Waals surface area contributed by atoms with Crippen LogP contribution in [0.25, 0.3) is 0 Å². The first-order chi connectivity index (χ1) is 8.66. The Morgan fingerprint density at radius 1 is 1.33 bits per heavy atom. The second-order valence-electron chi connectivity index (χ2n) is 4.68. The van der Waals surface area contributed by atoms with Gasteiger partial charge in [-0.15, -0.1) is 0 Å². The molecule has 0 saturated carbocycles. The summed E-state index contributed by atoms with van der Waals surface area (Å²) in [6, 6.07) is 8.40. The molecule has 0 spiro atoms. The van der Waals surface area contributed by atoms with E-state index in [0.717, 1.165) is 12.0 Å². The molecule has 94 valence electrons. The molecule has 0 radical (unpaired) electrons. The maximum atomic E-state index is 11.6. The van der Waals surface area contributed by atoms with Gasteiger partial charge in [-0.25, -0.2) is 0 Å². The predicted molar refractivity (Wildman–Crippen MR) is 73.8 cm³/mol. The summed E-state index contributed by atoms with van der Waals surface area (Å²) in [5.41, 5.74) is 2.25. The summed E-state index contributed by atoms with van der Waals surface area (Å²) in [5, 5.41) is 0. The van der Waals surface area contributed by atoms with Crippen molar-refractivity contribution in [3.8, 4) is 0 Å². The van der Waals surface area contributed by atoms with Crippen LogP contribution in [0.2, 0.25) is 0 Å². The van der Waals surface area contributed by atoms with Gasteiger partial charge in [0.1, 0.15) is 0 Å². The topological polar surface area (TPSA) is 32.7 Å². The molecule has 3 nitrogen and oxygen atoms in total. The number of nitrogens with zero attached hydrogens (tertiary/aromatic N) is 2. The zero-order chi connectivity index (χ0) is 13.0. The van der Waals surface area contributed by atoms with Crippen LogP contribution in [-0.2, 0) is 11.2 Å². The van der Waals surface area contributed by atoms with Gasteiger partial charge in [-0.3, -0.25) is 9.79 Å². The highest BCUT2D eigenvalue weighted by Gasteiger charge is 2.10. The number of likely N-dealkylation sites (N-methyl/N-ethyl adjacent to an activating group) is 1. The normalized spacial score (nSPS) is 17.8. The van der Waals surface area contributed by atoms with E-state index in [0.29, 0.717) is 6.42 Å². The van der Waals surface area contributed by atoms with Crippen LogP contribution in [0.5, 0.6) is 0 Å². The minimum atomic E-state index is 0.126. The molecule has 1 aromatic rings. The molecule has 3 heteroatoms. The summed E-state index contributed by atoms with van der Waals surface area (Å²) in [6.45, 7) is 0. The van der Waals surface area contributed by atoms with Gasteiger partial charge >= 0.3 is 0 Å². The van der Waals surface area contributed by atoms with Gasteiger partial charge in [-0.05, 0) is 23.6 Å². The molecule has 1 aliphatic heterocycles. The lowest BCUT2D eigenvalue weighted by atomic mass is 10.0. The Morgan fingerprint density at radius 2 is 2.06 bits per heavy atom. The minimum Gasteiger partial charge on any atom is -0.349 e. The highest BCUT2D eigenvalue weighted by atomic mass is 16.2. The average Bonchev–Trinajstić information content (AvgIpc) is 2.40. The predicted octanol–water partition coefficient (Wildman–Crippen LogP) is 2.39. The van der Waals surface area contributed by atoms with Crippen molar-refractivity contribution in [1.29, 1.82) is 0 Å². The number of carbonyl (C=O) groups excluding carboxylic acids is 1. The number of hydrogen-bond donors (Lipinski definition) is 0. The molecule has 2 rings (SSSR count). The molecule has 1 atom stereocenters. The molecule has 0 aliphatic carbocycles. The van der Waals surface area contributed by atoms with Crippen molar-refractivity contribution >= 4 is 12.1 Å². The maximum absolute atomic E-state index is 11.6. The maximum Gasteiger partial charge on any atom is 0.226 e. The number of rotatable bonds is 3. The van der Waals surface area contributed by atoms with E-state index in [2.05, 4.69) is 23.2 Å². The van der Waals surface area contributed by atoms with Crippen LogP contribution in [0.3, 0.4) is 0 Å². The molecule has 0 fully saturated rings. The molecule has 1 aliphatic rings. The van der Waals surface area contributed by atoms with Gasteiger partial charge in [0.25, 0.3) is 0 Å². The van der Waals surface area contributed by atoms with E-state index >= 15 is 0 Å². The molecular formula is C15H18N2O. The van der Waals surface area contributed by atoms with Crippen molar-refractivity contribution in [2.45, 2.75) is 18.9 Å². The Labute approximate surface area is 108 Å². The quantitative estimate of drug-likeness (QED) is 0.801. The van der Waals surface area contributed by atoms with Crippen molar-refractivity contribution in [2.75, 3.05) is 14.1 Å². The standard InChI is InChI=1S/C15H18N2O/c1-17(2)15(18)11-12-6-8-13(9-7-12)14-5-3-4-10-16-14/h3-4,6-10,14H,5,11H2,1-2H3. The van der Waals surface area contributed by atoms with Crippen molar-refractivity contribution in [2.24, 2.45) is 4.99 Å². The van der Waals surface area contributed by atoms with Crippen LogP contribution in [-0.4, -0.2) is 31.1 Å². The fourth-order valence-corrected chi connectivity index (χ4v) is 1.90. The van der Waals surface area contributed by atoms with Crippen molar-refractivity contribution in [3.05, 3.63) is 47.5 Å². The molecule has 1 aromatic carbocycles. The average molecular weight is 242 g/mol. The van der Waals surface area contributed by atoms with E-state index in [1.165, 1.54) is 5.56 Å². The minimum absolute atomic E-state index is 0.126. The van der Waals surface area contributed by atoms with Gasteiger partial charge in [0.2, 0.25) is 5.91 Å². The Morgan fingerprint density at radius 3 is 2.61 bits per heavy atom. The van der Waals surface area contributed by atoms with Crippen molar-refractivity contribution in [3.63, 3.8) is 0 Å². The number of benzene rings is 1. The monoisotopic (exact) mass is 242 g/mol. The zero-order valence-corrected chi connectivity index (χ0v) is 10.8. The number of dihydropyridines is 1. The van der Waals surface area contributed by atoms with Gasteiger partial charge in [-0.2, -0.15) is 0 Å². The smallest absolute Gasteiger partial charge is 0.226 e. The van der Waals surface area contributed by atoms with Gasteiger partial charge in [0.05, 0.1) is 12.5 Å². The third-order valence-electron chi connectivity index (χ3n) is 3.07. The fraction of sp³-hybridized carbons (Fsp3) is 0.333. The van der Waals surface area contributed by atoms with E-state index in [1.54, 1.807) is 19.0 Å². The zero-order valence-electron chi connectivity index (χ0n) is 10.8. The number of allylic oxidation sites excluding steroid dienone is 1. The van der Waals surface area contributed by atoms with Gasteiger partial charge in [0, 0.05) is 20.3 Å². The van der Waals surface area contributed by atoms with Crippen LogP contribution in [0.4, 0.5) is 0 Å². The number of hydrogen-bond acceptors (Lipinski definition) is 2. The molecule has 1 unspecified atom stereocenters. The Kier molecular flexibility index (Phi) is 3.92. The summed E-state index contributed by atoms with van der Waals surface area (Å²) in [5.74, 6) is 0.126. The van der Waals surface area contributed by atoms with E-state index in [9.17, 15) is 4.79 Å². The van der Waals surface area contributed by atoms with E-state index in [4.69, 9.17) is 0 Å². The first-order valence-corrected chi connectivity index (χ1v) is 6.14. The third-order valence-corrected chi connectivity index (χ3v) is 3.07. The first kappa shape index (κ1) is 12.6. The molecule has 0 saturated heterocycles. The highest BCUT2D eigenvalue weighted by Crippen LogP contribution is 2.23. The Bertz CT molecular complexity index is 472. The molecular weight excluding hydrogens is 224 g/mol. The van der Waals surface area contributed by atoms with Gasteiger partial charge in [0.15, 0.2) is 0 Å². The van der Waals surface area contributed by atoms with E-state index < -0.39 is 0 Å². The first-order valence-electron chi connectivity index (χ1n) is 6.14. The van der Waals surface area contributed by atoms with Crippen molar-refractivity contribution < 1.29 is 4.79 Å². The molecule has 1 amide bonds. The highest BCUT2D eigenvalue weighted by molar-refractivity contribution is 5.78. The summed E-state index contributed by atoms with van der Waals surface area (Å²) >= 11 is 0. The molecule has 0 bridgehead atoms. The van der Waals surface area contributed by atoms with Crippen LogP contribution >= 0.6 is 0 Å². The summed E-state index contributed by atoms with van der Waals surface area (Å²) in [4.78, 5) is 17.6. The van der Waals surface area contributed by atoms with Gasteiger partial charge in [-0.1, -0.05) is 30.3 Å². The summed E-state index contributed by atoms with van der Waals surface area (Å²) < 4.78 is 0. The molecule has 0 N–H and O–H groups in total. The summed E-state index contributed by atoms with van der Waals surface area (Å²) in [7, 11) is 3.56. The lowest BCUT2D eigenvalue weighted by molar-refractivity contribution is -0.127. The SMILES string of the molecule is CN(C)C(=O)Cc1ccc(C2CC=CC=N2)cc1. The van der Waals surface area contributed by atoms with Crippen LogP contribution in [0.1, 0.15) is 23.6 Å². The fourth-order valence-electron chi connectivity index (χ4n) is 1.90. The van der Waals surface area contributed by atoms with Crippen LogP contribution in [0, 0.1) is 0 Å². The lowest BCUT2D eigenvalue weighted by Gasteiger charge is -2.14. The molecule has 0 aromatic heterocycles. The lowest BCUT2D eigenvalue weighted by Crippen LogP contribution is -2.23. The summed E-state index contributed by atoms with van der Waals surface area (Å²) in [6.07, 6.45) is 7.35. The second kappa shape index (κ2) is 5.63. The van der Waals surface area contributed by atoms with Gasteiger partial charge < -0.3 is 4.90 Å². The van der Waals surface area contributed by atoms with E-state index in [1.807, 2.05) is 24.4 Å².